The van der Waals surface area contributed by atoms with Crippen molar-refractivity contribution < 1.29 is 4.79 Å². The van der Waals surface area contributed by atoms with Crippen molar-refractivity contribution in [2.24, 2.45) is 11.8 Å². The van der Waals surface area contributed by atoms with Gasteiger partial charge in [-0.1, -0.05) is 36.4 Å². The van der Waals surface area contributed by atoms with E-state index < -0.39 is 0 Å². The number of carbonyl (C=O) groups excluding carboxylic acids is 1. The van der Waals surface area contributed by atoms with Crippen molar-refractivity contribution in [1.29, 1.82) is 0 Å². The zero-order valence-corrected chi connectivity index (χ0v) is 17.8. The van der Waals surface area contributed by atoms with Gasteiger partial charge in [0.2, 0.25) is 5.91 Å². The summed E-state index contributed by atoms with van der Waals surface area (Å²) in [7, 11) is 0. The van der Waals surface area contributed by atoms with E-state index in [-0.39, 0.29) is 17.5 Å². The number of fused-ring (bicyclic) bond motifs is 1. The van der Waals surface area contributed by atoms with Gasteiger partial charge in [0.15, 0.2) is 5.82 Å². The Balaban J connectivity index is 1.22. The van der Waals surface area contributed by atoms with Crippen molar-refractivity contribution in [1.82, 2.24) is 24.6 Å². The quantitative estimate of drug-likeness (QED) is 0.510. The third-order valence-corrected chi connectivity index (χ3v) is 6.75. The maximum Gasteiger partial charge on any atom is 0.343 e. The van der Waals surface area contributed by atoms with Crippen molar-refractivity contribution in [3.63, 3.8) is 0 Å². The highest BCUT2D eigenvalue weighted by Gasteiger charge is 2.36. The van der Waals surface area contributed by atoms with Crippen LogP contribution in [0.15, 0.2) is 59.5 Å². The third-order valence-electron chi connectivity index (χ3n) is 6.75. The van der Waals surface area contributed by atoms with Crippen LogP contribution in [0.25, 0.3) is 33.4 Å². The number of benzene rings is 2. The molecule has 1 unspecified atom stereocenters. The molecule has 0 radical (unpaired) electrons. The number of hydrogen-bond acceptors (Lipinski definition) is 3. The first-order valence-corrected chi connectivity index (χ1v) is 11.3. The van der Waals surface area contributed by atoms with Crippen LogP contribution in [0.3, 0.4) is 0 Å². The number of hydrogen-bond donors (Lipinski definition) is 2. The Kier molecular flexibility index (Phi) is 4.48. The zero-order valence-electron chi connectivity index (χ0n) is 17.8. The fraction of sp³-hybridized carbons (Fsp3) is 0.320. The molecule has 2 aromatic heterocycles. The van der Waals surface area contributed by atoms with Crippen LogP contribution in [0.5, 0.6) is 0 Å². The normalized spacial score (nSPS) is 18.5. The summed E-state index contributed by atoms with van der Waals surface area (Å²) in [4.78, 5) is 30.1. The lowest BCUT2D eigenvalue weighted by Gasteiger charge is -2.16. The maximum absolute atomic E-state index is 12.5. The van der Waals surface area contributed by atoms with Crippen molar-refractivity contribution in [3.05, 3.63) is 65.2 Å². The lowest BCUT2D eigenvalue weighted by Crippen LogP contribution is -2.31. The monoisotopic (exact) mass is 427 g/mol. The fourth-order valence-electron chi connectivity index (χ4n) is 4.78. The van der Waals surface area contributed by atoms with Gasteiger partial charge < -0.3 is 9.88 Å². The Morgan fingerprint density at radius 3 is 2.59 bits per heavy atom. The Morgan fingerprint density at radius 2 is 1.78 bits per heavy atom. The average molecular weight is 428 g/mol. The number of nitrogens with one attached hydrogen (secondary N) is 2. The molecule has 6 rings (SSSR count). The first kappa shape index (κ1) is 19.1. The van der Waals surface area contributed by atoms with Crippen LogP contribution in [0, 0.1) is 11.8 Å². The Labute approximate surface area is 185 Å². The number of nitrogens with zero attached hydrogens (tertiary/aromatic N) is 3. The molecule has 2 aromatic carbocycles. The lowest BCUT2D eigenvalue weighted by molar-refractivity contribution is -0.131. The van der Waals surface area contributed by atoms with Gasteiger partial charge in [0.05, 0.1) is 0 Å². The number of amides is 1. The summed E-state index contributed by atoms with van der Waals surface area (Å²) in [6.45, 7) is 2.10. The van der Waals surface area contributed by atoms with E-state index in [0.29, 0.717) is 18.3 Å². The summed E-state index contributed by atoms with van der Waals surface area (Å²) < 4.78 is 1.72. The van der Waals surface area contributed by atoms with Crippen LogP contribution in [-0.2, 0) is 11.3 Å². The van der Waals surface area contributed by atoms with E-state index >= 15 is 0 Å². The first-order chi connectivity index (χ1) is 15.7. The highest BCUT2D eigenvalue weighted by atomic mass is 16.2. The summed E-state index contributed by atoms with van der Waals surface area (Å²) in [6.07, 6.45) is 4.93. The summed E-state index contributed by atoms with van der Waals surface area (Å²) >= 11 is 0. The van der Waals surface area contributed by atoms with Gasteiger partial charge in [0.1, 0.15) is 0 Å². The molecule has 2 aliphatic rings. The van der Waals surface area contributed by atoms with Crippen LogP contribution in [0.1, 0.15) is 19.3 Å². The Bertz CT molecular complexity index is 1340. The third kappa shape index (κ3) is 3.43. The number of aromatic amines is 2. The predicted molar refractivity (Wildman–Crippen MR) is 123 cm³/mol. The molecule has 32 heavy (non-hydrogen) atoms. The SMILES string of the molecule is O=C(C1CC1)N1CCC(Cn2c(-c3ccc(-c4ccc5cc[nH]c5c4)cc3)n[nH]c2=O)C1. The minimum absolute atomic E-state index is 0.201. The lowest BCUT2D eigenvalue weighted by atomic mass is 10.0. The number of carbonyl (C=O) groups is 1. The largest absolute Gasteiger partial charge is 0.361 e. The summed E-state index contributed by atoms with van der Waals surface area (Å²) in [5.41, 5.74) is 4.06. The highest BCUT2D eigenvalue weighted by molar-refractivity contribution is 5.85. The molecule has 1 saturated heterocycles. The second-order valence-electron chi connectivity index (χ2n) is 9.03. The minimum Gasteiger partial charge on any atom is -0.361 e. The van der Waals surface area contributed by atoms with Gasteiger partial charge in [-0.25, -0.2) is 9.89 Å². The molecule has 7 heteroatoms. The zero-order chi connectivity index (χ0) is 21.7. The van der Waals surface area contributed by atoms with E-state index in [1.54, 1.807) is 4.57 Å². The van der Waals surface area contributed by atoms with E-state index in [4.69, 9.17) is 0 Å². The number of likely N-dealkylation sites (tertiary alicyclic amines) is 1. The van der Waals surface area contributed by atoms with Gasteiger partial charge in [0.25, 0.3) is 0 Å². The topological polar surface area (TPSA) is 86.8 Å². The van der Waals surface area contributed by atoms with Gasteiger partial charge in [-0.05, 0) is 53.8 Å². The standard InChI is InChI=1S/C25H25N5O2/c31-24(20-6-7-20)29-12-10-16(14-29)15-30-23(27-28-25(30)32)19-4-1-17(2-5-19)21-8-3-18-9-11-26-22(18)13-21/h1-5,8-9,11,13,16,20,26H,6-7,10,12,14-15H2,(H,28,32). The summed E-state index contributed by atoms with van der Waals surface area (Å²) in [6, 6.07) is 16.6. The van der Waals surface area contributed by atoms with Crippen molar-refractivity contribution >= 4 is 16.8 Å². The molecule has 1 atom stereocenters. The molecule has 2 N–H and O–H groups in total. The second-order valence-corrected chi connectivity index (χ2v) is 9.03. The number of H-pyrrole nitrogens is 2. The van der Waals surface area contributed by atoms with Gasteiger partial charge in [-0.2, -0.15) is 5.10 Å². The molecule has 1 saturated carbocycles. The van der Waals surface area contributed by atoms with Gasteiger partial charge in [-0.15, -0.1) is 0 Å². The maximum atomic E-state index is 12.5. The molecular formula is C25H25N5O2. The number of rotatable bonds is 5. The van der Waals surface area contributed by atoms with Crippen LogP contribution in [0.2, 0.25) is 0 Å². The fourth-order valence-corrected chi connectivity index (χ4v) is 4.78. The summed E-state index contributed by atoms with van der Waals surface area (Å²) in [5, 5.41) is 8.09. The molecule has 1 aliphatic carbocycles. The van der Waals surface area contributed by atoms with Crippen LogP contribution in [-0.4, -0.2) is 43.6 Å². The van der Waals surface area contributed by atoms with Crippen molar-refractivity contribution in [2.75, 3.05) is 13.1 Å². The molecule has 2 fully saturated rings. The van der Waals surface area contributed by atoms with Gasteiger partial charge >= 0.3 is 5.69 Å². The number of aromatic nitrogens is 4. The van der Waals surface area contributed by atoms with Crippen molar-refractivity contribution in [3.8, 4) is 22.5 Å². The summed E-state index contributed by atoms with van der Waals surface area (Å²) in [5.74, 6) is 1.46. The smallest absolute Gasteiger partial charge is 0.343 e. The predicted octanol–water partition coefficient (Wildman–Crippen LogP) is 3.65. The molecule has 3 heterocycles. The Morgan fingerprint density at radius 1 is 1.00 bits per heavy atom. The van der Waals surface area contributed by atoms with Crippen molar-refractivity contribution in [2.45, 2.75) is 25.8 Å². The van der Waals surface area contributed by atoms with E-state index in [1.165, 1.54) is 5.39 Å². The molecular weight excluding hydrogens is 402 g/mol. The highest BCUT2D eigenvalue weighted by Crippen LogP contribution is 2.33. The molecule has 1 amide bonds. The van der Waals surface area contributed by atoms with Crippen LogP contribution >= 0.6 is 0 Å². The van der Waals surface area contributed by atoms with E-state index in [9.17, 15) is 9.59 Å². The second kappa shape index (κ2) is 7.51. The van der Waals surface area contributed by atoms with Crippen LogP contribution < -0.4 is 5.69 Å². The molecule has 1 aliphatic heterocycles. The van der Waals surface area contributed by atoms with E-state index in [1.807, 2.05) is 23.2 Å². The van der Waals surface area contributed by atoms with Crippen LogP contribution in [0.4, 0.5) is 0 Å². The average Bonchev–Trinajstić information content (AvgIpc) is 3.21. The minimum atomic E-state index is -0.201. The molecule has 162 valence electrons. The van der Waals surface area contributed by atoms with E-state index in [0.717, 1.165) is 54.6 Å². The van der Waals surface area contributed by atoms with Gasteiger partial charge in [-0.3, -0.25) is 9.36 Å². The molecule has 7 nitrogen and oxygen atoms in total. The molecule has 0 bridgehead atoms. The van der Waals surface area contributed by atoms with E-state index in [2.05, 4.69) is 51.6 Å². The molecule has 4 aromatic rings. The van der Waals surface area contributed by atoms with Gasteiger partial charge in [0, 0.05) is 42.8 Å². The first-order valence-electron chi connectivity index (χ1n) is 11.3. The Hall–Kier alpha value is -3.61. The molecule has 0 spiro atoms.